The van der Waals surface area contributed by atoms with Crippen molar-refractivity contribution in [1.29, 1.82) is 0 Å². The van der Waals surface area contributed by atoms with Crippen molar-refractivity contribution in [2.45, 2.75) is 37.6 Å². The Morgan fingerprint density at radius 2 is 2.17 bits per heavy atom. The van der Waals surface area contributed by atoms with Gasteiger partial charge in [-0.15, -0.1) is 0 Å². The molecule has 0 bridgehead atoms. The van der Waals surface area contributed by atoms with E-state index in [0.29, 0.717) is 0 Å². The molecule has 8 heteroatoms. The van der Waals surface area contributed by atoms with Crippen LogP contribution in [0.3, 0.4) is 0 Å². The van der Waals surface area contributed by atoms with Crippen LogP contribution >= 0.6 is 0 Å². The van der Waals surface area contributed by atoms with Gasteiger partial charge in [0, 0.05) is 6.20 Å². The second-order valence-electron chi connectivity index (χ2n) is 4.26. The highest BCUT2D eigenvalue weighted by Gasteiger charge is 2.46. The lowest BCUT2D eigenvalue weighted by Gasteiger charge is -2.17. The van der Waals surface area contributed by atoms with Gasteiger partial charge in [0.1, 0.15) is 24.1 Å². The second kappa shape index (κ2) is 4.65. The molecule has 5 N–H and O–H groups in total. The number of nitrogens with zero attached hydrogens (tertiary/aromatic N) is 2. The molecular formula is C10H15N3O5. The smallest absolute Gasteiger partial charge is 0.351 e. The average Bonchev–Trinajstić information content (AvgIpc) is 2.57. The van der Waals surface area contributed by atoms with Crippen molar-refractivity contribution in [1.82, 2.24) is 9.55 Å². The summed E-state index contributed by atoms with van der Waals surface area (Å²) in [6.45, 7) is 1.42. The molecule has 1 saturated heterocycles. The quantitative estimate of drug-likeness (QED) is 0.474. The Labute approximate surface area is 102 Å². The number of aliphatic hydroxyl groups excluding tert-OH is 3. The molecule has 2 heterocycles. The first-order valence-corrected chi connectivity index (χ1v) is 5.46. The maximum Gasteiger partial charge on any atom is 0.351 e. The molecule has 18 heavy (non-hydrogen) atoms. The summed E-state index contributed by atoms with van der Waals surface area (Å²) < 4.78 is 6.31. The predicted molar refractivity (Wildman–Crippen MR) is 60.5 cm³/mol. The fourth-order valence-electron chi connectivity index (χ4n) is 1.93. The predicted octanol–water partition coefficient (Wildman–Crippen LogP) is -2.17. The average molecular weight is 257 g/mol. The highest BCUT2D eigenvalue weighted by atomic mass is 16.6. The van der Waals surface area contributed by atoms with E-state index in [1.54, 1.807) is 0 Å². The van der Waals surface area contributed by atoms with E-state index in [4.69, 9.17) is 10.5 Å². The molecule has 1 aromatic rings. The van der Waals surface area contributed by atoms with Crippen LogP contribution in [0.15, 0.2) is 17.1 Å². The summed E-state index contributed by atoms with van der Waals surface area (Å²) in [5.74, 6) is 0.0522. The third-order valence-corrected chi connectivity index (χ3v) is 2.88. The van der Waals surface area contributed by atoms with Crippen LogP contribution in [0, 0.1) is 0 Å². The van der Waals surface area contributed by atoms with E-state index < -0.39 is 36.3 Å². The number of nitrogens with two attached hydrogens (primary N) is 1. The van der Waals surface area contributed by atoms with E-state index >= 15 is 0 Å². The first-order valence-electron chi connectivity index (χ1n) is 5.46. The first kappa shape index (κ1) is 13.0. The summed E-state index contributed by atoms with van der Waals surface area (Å²) in [5, 5.41) is 28.9. The second-order valence-corrected chi connectivity index (χ2v) is 4.26. The van der Waals surface area contributed by atoms with Gasteiger partial charge in [0.25, 0.3) is 0 Å². The molecule has 0 radical (unpaired) electrons. The van der Waals surface area contributed by atoms with Gasteiger partial charge in [-0.2, -0.15) is 4.98 Å². The lowest BCUT2D eigenvalue weighted by molar-refractivity contribution is -0.0803. The summed E-state index contributed by atoms with van der Waals surface area (Å²) in [6.07, 6.45) is -4.32. The third kappa shape index (κ3) is 2.10. The van der Waals surface area contributed by atoms with Gasteiger partial charge in [0.2, 0.25) is 0 Å². The third-order valence-electron chi connectivity index (χ3n) is 2.88. The van der Waals surface area contributed by atoms with Crippen molar-refractivity contribution < 1.29 is 20.1 Å². The Bertz CT molecular complexity index is 489. The molecule has 100 valence electrons. The molecule has 2 rings (SSSR count). The number of aromatic nitrogens is 2. The van der Waals surface area contributed by atoms with Crippen LogP contribution in [0.5, 0.6) is 0 Å². The Balaban J connectivity index is 2.32. The molecule has 1 aliphatic heterocycles. The van der Waals surface area contributed by atoms with Crippen LogP contribution in [0.1, 0.15) is 13.2 Å². The monoisotopic (exact) mass is 257 g/mol. The van der Waals surface area contributed by atoms with Gasteiger partial charge < -0.3 is 25.8 Å². The van der Waals surface area contributed by atoms with Crippen molar-refractivity contribution >= 4 is 5.82 Å². The fraction of sp³-hybridized carbons (Fsp3) is 0.600. The Kier molecular flexibility index (Phi) is 3.35. The first-order chi connectivity index (χ1) is 8.41. The number of rotatable bonds is 2. The Morgan fingerprint density at radius 3 is 2.67 bits per heavy atom. The standard InChI is InChI=1S/C10H15N3O5/c1-4(14)8-6(15)7(16)9(18-8)13-3-2-5(11)12-10(13)17/h2-4,6-9,14-16H,1H3,(H2,11,12,17)/t4-,6-,7-,8+,9+/m0/s1. The number of ether oxygens (including phenoxy) is 1. The Morgan fingerprint density at radius 1 is 1.50 bits per heavy atom. The van der Waals surface area contributed by atoms with E-state index in [2.05, 4.69) is 4.98 Å². The number of aliphatic hydroxyl groups is 3. The minimum Gasteiger partial charge on any atom is -0.391 e. The lowest BCUT2D eigenvalue weighted by atomic mass is 10.1. The van der Waals surface area contributed by atoms with Gasteiger partial charge in [0.05, 0.1) is 6.10 Å². The lowest BCUT2D eigenvalue weighted by Crippen LogP contribution is -2.38. The van der Waals surface area contributed by atoms with Gasteiger partial charge in [0.15, 0.2) is 6.23 Å². The van der Waals surface area contributed by atoms with Crippen LogP contribution in [0.25, 0.3) is 0 Å². The zero-order chi connectivity index (χ0) is 13.4. The summed E-state index contributed by atoms with van der Waals surface area (Å²) >= 11 is 0. The molecular weight excluding hydrogens is 242 g/mol. The maximum atomic E-state index is 11.6. The molecule has 0 aliphatic carbocycles. The Hall–Kier alpha value is -1.48. The van der Waals surface area contributed by atoms with E-state index in [9.17, 15) is 20.1 Å². The van der Waals surface area contributed by atoms with Crippen LogP contribution in [0.2, 0.25) is 0 Å². The van der Waals surface area contributed by atoms with Gasteiger partial charge >= 0.3 is 5.69 Å². The molecule has 1 fully saturated rings. The molecule has 0 unspecified atom stereocenters. The van der Waals surface area contributed by atoms with Gasteiger partial charge in [-0.3, -0.25) is 4.57 Å². The van der Waals surface area contributed by atoms with Crippen molar-refractivity contribution in [2.24, 2.45) is 0 Å². The summed E-state index contributed by atoms with van der Waals surface area (Å²) in [7, 11) is 0. The summed E-state index contributed by atoms with van der Waals surface area (Å²) in [5.41, 5.74) is 4.65. The number of hydrogen-bond donors (Lipinski definition) is 4. The zero-order valence-corrected chi connectivity index (χ0v) is 9.67. The van der Waals surface area contributed by atoms with Crippen molar-refractivity contribution in [3.63, 3.8) is 0 Å². The number of anilines is 1. The van der Waals surface area contributed by atoms with Crippen molar-refractivity contribution in [3.8, 4) is 0 Å². The van der Waals surface area contributed by atoms with E-state index in [-0.39, 0.29) is 5.82 Å². The van der Waals surface area contributed by atoms with Crippen molar-refractivity contribution in [2.75, 3.05) is 5.73 Å². The largest absolute Gasteiger partial charge is 0.391 e. The molecule has 0 aromatic carbocycles. The van der Waals surface area contributed by atoms with Crippen molar-refractivity contribution in [3.05, 3.63) is 22.7 Å². The number of hydrogen-bond acceptors (Lipinski definition) is 7. The maximum absolute atomic E-state index is 11.6. The molecule has 8 nitrogen and oxygen atoms in total. The summed E-state index contributed by atoms with van der Waals surface area (Å²) in [4.78, 5) is 15.1. The van der Waals surface area contributed by atoms with Gasteiger partial charge in [-0.1, -0.05) is 0 Å². The summed E-state index contributed by atoms with van der Waals surface area (Å²) in [6, 6.07) is 1.37. The molecule has 0 saturated carbocycles. The van der Waals surface area contributed by atoms with Crippen LogP contribution in [0.4, 0.5) is 5.82 Å². The van der Waals surface area contributed by atoms with Crippen LogP contribution in [-0.4, -0.2) is 49.3 Å². The minimum absolute atomic E-state index is 0.0522. The van der Waals surface area contributed by atoms with Crippen LogP contribution in [-0.2, 0) is 4.74 Å². The topological polar surface area (TPSA) is 131 Å². The fourth-order valence-corrected chi connectivity index (χ4v) is 1.93. The zero-order valence-electron chi connectivity index (χ0n) is 9.67. The molecule has 1 aliphatic rings. The molecule has 0 spiro atoms. The van der Waals surface area contributed by atoms with E-state index in [1.807, 2.05) is 0 Å². The number of nitrogen functional groups attached to an aromatic ring is 1. The van der Waals surface area contributed by atoms with E-state index in [0.717, 1.165) is 4.57 Å². The highest BCUT2D eigenvalue weighted by molar-refractivity contribution is 5.23. The molecule has 1 aromatic heterocycles. The SMILES string of the molecule is C[C@H](O)[C@H]1O[C@@H](n2ccc(N)nc2=O)[C@@H](O)[C@@H]1O. The minimum atomic E-state index is -1.33. The van der Waals surface area contributed by atoms with E-state index in [1.165, 1.54) is 19.2 Å². The van der Waals surface area contributed by atoms with Gasteiger partial charge in [-0.05, 0) is 13.0 Å². The molecule has 5 atom stereocenters. The molecule has 0 amide bonds. The normalized spacial score (nSPS) is 33.6. The van der Waals surface area contributed by atoms with Gasteiger partial charge in [-0.25, -0.2) is 4.79 Å². The highest BCUT2D eigenvalue weighted by Crippen LogP contribution is 2.29. The van der Waals surface area contributed by atoms with Crippen LogP contribution < -0.4 is 11.4 Å².